The molecule has 2 fully saturated rings. The van der Waals surface area contributed by atoms with Crippen LogP contribution >= 0.6 is 0 Å². The Morgan fingerprint density at radius 3 is 2.45 bits per heavy atom. The first-order valence-corrected chi connectivity index (χ1v) is 9.78. The second-order valence-electron chi connectivity index (χ2n) is 7.21. The second-order valence-corrected chi connectivity index (χ2v) is 9.44. The van der Waals surface area contributed by atoms with Crippen LogP contribution in [0.5, 0.6) is 0 Å². The Bertz CT molecular complexity index is 414. The summed E-state index contributed by atoms with van der Waals surface area (Å²) in [5, 5.41) is 3.60. The Kier molecular flexibility index (Phi) is 5.14. The van der Waals surface area contributed by atoms with Crippen LogP contribution in [-0.4, -0.2) is 57.0 Å². The fraction of sp³-hybridized carbons (Fsp3) is 1.00. The summed E-state index contributed by atoms with van der Waals surface area (Å²) in [6, 6.07) is 0.751. The van der Waals surface area contributed by atoms with Crippen LogP contribution in [0.3, 0.4) is 0 Å². The summed E-state index contributed by atoms with van der Waals surface area (Å²) in [4.78, 5) is 2.32. The monoisotopic (exact) mass is 302 g/mol. The summed E-state index contributed by atoms with van der Waals surface area (Å²) in [5.74, 6) is 0.733. The summed E-state index contributed by atoms with van der Waals surface area (Å²) in [6.07, 6.45) is 5.99. The summed E-state index contributed by atoms with van der Waals surface area (Å²) in [5.41, 5.74) is 0.353. The summed E-state index contributed by atoms with van der Waals surface area (Å²) in [7, 11) is -0.665. The number of nitrogens with one attached hydrogen (secondary N) is 1. The fourth-order valence-electron chi connectivity index (χ4n) is 3.72. The van der Waals surface area contributed by atoms with Crippen molar-refractivity contribution in [3.8, 4) is 0 Å². The van der Waals surface area contributed by atoms with Crippen LogP contribution in [0.15, 0.2) is 0 Å². The Morgan fingerprint density at radius 2 is 1.95 bits per heavy atom. The lowest BCUT2D eigenvalue weighted by Gasteiger charge is -2.37. The van der Waals surface area contributed by atoms with Gasteiger partial charge in [-0.2, -0.15) is 0 Å². The van der Waals surface area contributed by atoms with E-state index in [1.807, 2.05) is 0 Å². The van der Waals surface area contributed by atoms with Crippen molar-refractivity contribution in [1.82, 2.24) is 10.2 Å². The molecule has 1 atom stereocenters. The van der Waals surface area contributed by atoms with Crippen molar-refractivity contribution in [2.45, 2.75) is 58.0 Å². The SMILES string of the molecule is CC(C)NCC1(CN(C)C2CCS(=O)(=O)C2)CCCC1. The largest absolute Gasteiger partial charge is 0.314 e. The minimum absolute atomic E-state index is 0.233. The van der Waals surface area contributed by atoms with Crippen molar-refractivity contribution in [1.29, 1.82) is 0 Å². The van der Waals surface area contributed by atoms with E-state index in [2.05, 4.69) is 31.1 Å². The Balaban J connectivity index is 1.94. The van der Waals surface area contributed by atoms with E-state index in [1.165, 1.54) is 25.7 Å². The zero-order valence-corrected chi connectivity index (χ0v) is 14.0. The van der Waals surface area contributed by atoms with Crippen LogP contribution in [0.1, 0.15) is 46.0 Å². The smallest absolute Gasteiger partial charge is 0.151 e. The molecule has 0 aromatic heterocycles. The average Bonchev–Trinajstić information content (AvgIpc) is 2.94. The third kappa shape index (κ3) is 4.18. The average molecular weight is 302 g/mol. The van der Waals surface area contributed by atoms with Gasteiger partial charge in [-0.3, -0.25) is 0 Å². The normalized spacial score (nSPS) is 28.6. The van der Waals surface area contributed by atoms with Crippen LogP contribution in [-0.2, 0) is 9.84 Å². The maximum Gasteiger partial charge on any atom is 0.151 e. The molecule has 1 heterocycles. The van der Waals surface area contributed by atoms with E-state index in [0.29, 0.717) is 23.0 Å². The van der Waals surface area contributed by atoms with Gasteiger partial charge in [0.1, 0.15) is 0 Å². The number of hydrogen-bond acceptors (Lipinski definition) is 4. The molecule has 1 unspecified atom stereocenters. The van der Waals surface area contributed by atoms with Gasteiger partial charge >= 0.3 is 0 Å². The van der Waals surface area contributed by atoms with Crippen LogP contribution in [0.25, 0.3) is 0 Å². The molecule has 0 amide bonds. The van der Waals surface area contributed by atoms with Crippen molar-refractivity contribution in [3.63, 3.8) is 0 Å². The molecule has 0 aromatic carbocycles. The molecule has 0 aromatic rings. The number of hydrogen-bond donors (Lipinski definition) is 1. The van der Waals surface area contributed by atoms with Gasteiger partial charge in [0.05, 0.1) is 11.5 Å². The van der Waals surface area contributed by atoms with Crippen molar-refractivity contribution in [3.05, 3.63) is 0 Å². The summed E-state index contributed by atoms with van der Waals surface area (Å²) in [6.45, 7) is 6.48. The molecule has 1 saturated carbocycles. The predicted octanol–water partition coefficient (Wildman–Crippen LogP) is 1.66. The first-order valence-electron chi connectivity index (χ1n) is 7.96. The van der Waals surface area contributed by atoms with Crippen LogP contribution < -0.4 is 5.32 Å². The highest BCUT2D eigenvalue weighted by Gasteiger charge is 2.38. The highest BCUT2D eigenvalue weighted by Crippen LogP contribution is 2.39. The van der Waals surface area contributed by atoms with Gasteiger partial charge in [-0.1, -0.05) is 26.7 Å². The highest BCUT2D eigenvalue weighted by atomic mass is 32.2. The quantitative estimate of drug-likeness (QED) is 0.811. The number of nitrogens with zero attached hydrogens (tertiary/aromatic N) is 1. The van der Waals surface area contributed by atoms with Gasteiger partial charge < -0.3 is 10.2 Å². The molecule has 1 saturated heterocycles. The van der Waals surface area contributed by atoms with Crippen LogP contribution in [0.4, 0.5) is 0 Å². The van der Waals surface area contributed by atoms with E-state index >= 15 is 0 Å². The molecule has 1 aliphatic heterocycles. The van der Waals surface area contributed by atoms with E-state index in [9.17, 15) is 8.42 Å². The molecule has 2 aliphatic rings. The lowest BCUT2D eigenvalue weighted by atomic mass is 9.85. The van der Waals surface area contributed by atoms with E-state index in [0.717, 1.165) is 19.5 Å². The molecular formula is C15H30N2O2S. The first-order chi connectivity index (χ1) is 9.32. The van der Waals surface area contributed by atoms with Crippen LogP contribution in [0, 0.1) is 5.41 Å². The standard InChI is InChI=1S/C15H30N2O2S/c1-13(2)16-11-15(7-4-5-8-15)12-17(3)14-6-9-20(18,19)10-14/h13-14,16H,4-12H2,1-3H3. The van der Waals surface area contributed by atoms with E-state index in [4.69, 9.17) is 0 Å². The predicted molar refractivity (Wildman–Crippen MR) is 83.7 cm³/mol. The maximum atomic E-state index is 11.6. The minimum Gasteiger partial charge on any atom is -0.314 e. The Morgan fingerprint density at radius 1 is 1.30 bits per heavy atom. The van der Waals surface area contributed by atoms with Crippen molar-refractivity contribution in [2.24, 2.45) is 5.41 Å². The van der Waals surface area contributed by atoms with Crippen molar-refractivity contribution in [2.75, 3.05) is 31.6 Å². The Labute approximate surface area is 124 Å². The zero-order valence-electron chi connectivity index (χ0n) is 13.2. The van der Waals surface area contributed by atoms with Gasteiger partial charge in [0.2, 0.25) is 0 Å². The van der Waals surface area contributed by atoms with Crippen LogP contribution in [0.2, 0.25) is 0 Å². The minimum atomic E-state index is -2.78. The van der Waals surface area contributed by atoms with Gasteiger partial charge in [0, 0.05) is 25.2 Å². The molecule has 4 nitrogen and oxygen atoms in total. The fourth-order valence-corrected chi connectivity index (χ4v) is 5.52. The van der Waals surface area contributed by atoms with Gasteiger partial charge in [-0.15, -0.1) is 0 Å². The summed E-state index contributed by atoms with van der Waals surface area (Å²) < 4.78 is 23.3. The third-order valence-electron chi connectivity index (χ3n) is 4.97. The van der Waals surface area contributed by atoms with Crippen molar-refractivity contribution < 1.29 is 8.42 Å². The highest BCUT2D eigenvalue weighted by molar-refractivity contribution is 7.91. The molecule has 0 spiro atoms. The molecule has 5 heteroatoms. The Hall–Kier alpha value is -0.130. The lowest BCUT2D eigenvalue weighted by Crippen LogP contribution is -2.46. The maximum absolute atomic E-state index is 11.6. The van der Waals surface area contributed by atoms with E-state index in [-0.39, 0.29) is 6.04 Å². The zero-order chi connectivity index (χ0) is 14.8. The second kappa shape index (κ2) is 6.32. The molecule has 0 radical (unpaired) electrons. The van der Waals surface area contributed by atoms with Gasteiger partial charge in [0.25, 0.3) is 0 Å². The van der Waals surface area contributed by atoms with E-state index in [1.54, 1.807) is 0 Å². The number of rotatable bonds is 6. The summed E-state index contributed by atoms with van der Waals surface area (Å²) >= 11 is 0. The van der Waals surface area contributed by atoms with Crippen molar-refractivity contribution >= 4 is 9.84 Å². The molecule has 118 valence electrons. The van der Waals surface area contributed by atoms with Gasteiger partial charge in [-0.25, -0.2) is 8.42 Å². The molecule has 2 rings (SSSR count). The lowest BCUT2D eigenvalue weighted by molar-refractivity contribution is 0.141. The van der Waals surface area contributed by atoms with Gasteiger partial charge in [0.15, 0.2) is 9.84 Å². The molecule has 1 N–H and O–H groups in total. The molecule has 1 aliphatic carbocycles. The molecule has 0 bridgehead atoms. The topological polar surface area (TPSA) is 49.4 Å². The first kappa shape index (κ1) is 16.2. The number of sulfone groups is 1. The molecule has 20 heavy (non-hydrogen) atoms. The van der Waals surface area contributed by atoms with Gasteiger partial charge in [-0.05, 0) is 31.7 Å². The third-order valence-corrected chi connectivity index (χ3v) is 6.72. The molecular weight excluding hydrogens is 272 g/mol. The van der Waals surface area contributed by atoms with E-state index < -0.39 is 9.84 Å².